The molecule has 1 unspecified atom stereocenters. The predicted molar refractivity (Wildman–Crippen MR) is 105 cm³/mol. The fraction of sp³-hybridized carbons (Fsp3) is 0.429. The number of rotatable bonds is 1. The minimum atomic E-state index is -0.634. The fourth-order valence-electron chi connectivity index (χ4n) is 4.87. The fourth-order valence-corrected chi connectivity index (χ4v) is 4.87. The summed E-state index contributed by atoms with van der Waals surface area (Å²) in [6.45, 7) is 4.61. The van der Waals surface area contributed by atoms with Crippen LogP contribution in [0.2, 0.25) is 0 Å². The molecule has 29 heavy (non-hydrogen) atoms. The van der Waals surface area contributed by atoms with E-state index in [2.05, 4.69) is 15.0 Å². The average molecular weight is 395 g/mol. The lowest BCUT2D eigenvalue weighted by molar-refractivity contribution is 0.0622. The van der Waals surface area contributed by atoms with Crippen LogP contribution in [0.15, 0.2) is 23.1 Å². The summed E-state index contributed by atoms with van der Waals surface area (Å²) in [5.41, 5.74) is 2.25. The summed E-state index contributed by atoms with van der Waals surface area (Å²) in [6.07, 6.45) is 4.72. The van der Waals surface area contributed by atoms with E-state index in [1.807, 2.05) is 13.0 Å². The number of piperidine rings is 1. The Morgan fingerprint density at radius 3 is 2.90 bits per heavy atom. The minimum absolute atomic E-state index is 0.0883. The number of aromatic amines is 1. The molecule has 150 valence electrons. The van der Waals surface area contributed by atoms with E-state index >= 15 is 0 Å². The standard InChI is InChI=1S/C21H22FN5O2/c1-12-4-5-15-25-16(18(22)27(15)10-12)20(29)26-9-3-7-21(11-26)8-6-14-17(21)23-13(2)24-19(14)28/h4-5,10H,3,6-9,11H2,1-2H3,(H,23,24,28). The summed E-state index contributed by atoms with van der Waals surface area (Å²) < 4.78 is 16.2. The highest BCUT2D eigenvalue weighted by Crippen LogP contribution is 2.43. The summed E-state index contributed by atoms with van der Waals surface area (Å²) in [4.78, 5) is 38.8. The molecule has 4 heterocycles. The lowest BCUT2D eigenvalue weighted by Crippen LogP contribution is -2.48. The van der Waals surface area contributed by atoms with Crippen molar-refractivity contribution >= 4 is 11.6 Å². The lowest BCUT2D eigenvalue weighted by atomic mass is 9.77. The zero-order valence-electron chi connectivity index (χ0n) is 16.5. The second-order valence-corrected chi connectivity index (χ2v) is 8.27. The molecule has 1 spiro atoms. The van der Waals surface area contributed by atoms with Crippen LogP contribution in [0.1, 0.15) is 52.4 Å². The molecule has 1 N–H and O–H groups in total. The van der Waals surface area contributed by atoms with Gasteiger partial charge in [-0.1, -0.05) is 6.07 Å². The summed E-state index contributed by atoms with van der Waals surface area (Å²) >= 11 is 0. The normalized spacial score (nSPS) is 21.1. The van der Waals surface area contributed by atoms with Crippen molar-refractivity contribution in [1.29, 1.82) is 0 Å². The van der Waals surface area contributed by atoms with Gasteiger partial charge in [-0.25, -0.2) is 9.97 Å². The third-order valence-corrected chi connectivity index (χ3v) is 6.26. The van der Waals surface area contributed by atoms with E-state index in [9.17, 15) is 14.0 Å². The number of imidazole rings is 1. The number of hydrogen-bond acceptors (Lipinski definition) is 4. The Hall–Kier alpha value is -3.03. The summed E-state index contributed by atoms with van der Waals surface area (Å²) in [5, 5.41) is 0. The SMILES string of the molecule is Cc1ccc2nc(C(=O)N3CCCC4(CCc5c4nc(C)[nH]c5=O)C3)c(F)n2c1. The van der Waals surface area contributed by atoms with Crippen LogP contribution >= 0.6 is 0 Å². The number of aryl methyl sites for hydroxylation is 2. The van der Waals surface area contributed by atoms with Gasteiger partial charge in [0.2, 0.25) is 5.95 Å². The van der Waals surface area contributed by atoms with Crippen molar-refractivity contribution in [1.82, 2.24) is 24.3 Å². The van der Waals surface area contributed by atoms with Gasteiger partial charge in [-0.2, -0.15) is 4.39 Å². The zero-order chi connectivity index (χ0) is 20.3. The highest BCUT2D eigenvalue weighted by Gasteiger charge is 2.46. The second kappa shape index (κ2) is 6.23. The van der Waals surface area contributed by atoms with Gasteiger partial charge in [0.1, 0.15) is 11.5 Å². The summed E-state index contributed by atoms with van der Waals surface area (Å²) in [7, 11) is 0. The predicted octanol–water partition coefficient (Wildman–Crippen LogP) is 2.29. The van der Waals surface area contributed by atoms with Crippen LogP contribution < -0.4 is 5.56 Å². The van der Waals surface area contributed by atoms with Gasteiger partial charge in [-0.15, -0.1) is 0 Å². The van der Waals surface area contributed by atoms with E-state index in [1.54, 1.807) is 24.1 Å². The van der Waals surface area contributed by atoms with Crippen LogP contribution in [-0.4, -0.2) is 43.2 Å². The Morgan fingerprint density at radius 2 is 2.07 bits per heavy atom. The number of pyridine rings is 1. The molecule has 1 aliphatic carbocycles. The molecule has 3 aromatic rings. The molecule has 0 saturated carbocycles. The first-order chi connectivity index (χ1) is 13.9. The van der Waals surface area contributed by atoms with Crippen molar-refractivity contribution in [3.63, 3.8) is 0 Å². The number of carbonyl (C=O) groups excluding carboxylic acids is 1. The Bertz CT molecular complexity index is 1210. The average Bonchev–Trinajstić information content (AvgIpc) is 3.20. The highest BCUT2D eigenvalue weighted by molar-refractivity contribution is 5.93. The number of nitrogens with one attached hydrogen (secondary N) is 1. The Labute approximate surface area is 166 Å². The minimum Gasteiger partial charge on any atom is -0.336 e. The number of nitrogens with zero attached hydrogens (tertiary/aromatic N) is 4. The molecule has 1 amide bonds. The van der Waals surface area contributed by atoms with E-state index in [0.717, 1.165) is 36.1 Å². The van der Waals surface area contributed by atoms with Gasteiger partial charge in [-0.05, 0) is 51.2 Å². The van der Waals surface area contributed by atoms with Crippen LogP contribution in [0, 0.1) is 19.8 Å². The third kappa shape index (κ3) is 2.69. The molecule has 1 fully saturated rings. The van der Waals surface area contributed by atoms with Crippen molar-refractivity contribution in [2.75, 3.05) is 13.1 Å². The molecule has 0 aromatic carbocycles. The number of aromatic nitrogens is 4. The van der Waals surface area contributed by atoms with Crippen LogP contribution in [0.5, 0.6) is 0 Å². The molecule has 8 heteroatoms. The van der Waals surface area contributed by atoms with Gasteiger partial charge in [0, 0.05) is 30.3 Å². The monoisotopic (exact) mass is 395 g/mol. The topological polar surface area (TPSA) is 83.4 Å². The van der Waals surface area contributed by atoms with Crippen LogP contribution in [-0.2, 0) is 11.8 Å². The van der Waals surface area contributed by atoms with Gasteiger partial charge in [0.15, 0.2) is 5.69 Å². The third-order valence-electron chi connectivity index (χ3n) is 6.26. The van der Waals surface area contributed by atoms with Crippen molar-refractivity contribution in [2.24, 2.45) is 0 Å². The van der Waals surface area contributed by atoms with E-state index in [1.165, 1.54) is 4.40 Å². The second-order valence-electron chi connectivity index (χ2n) is 8.27. The van der Waals surface area contributed by atoms with Gasteiger partial charge in [0.05, 0.1) is 5.69 Å². The van der Waals surface area contributed by atoms with Crippen molar-refractivity contribution in [3.8, 4) is 0 Å². The lowest BCUT2D eigenvalue weighted by Gasteiger charge is -2.40. The van der Waals surface area contributed by atoms with E-state index in [4.69, 9.17) is 0 Å². The number of amides is 1. The van der Waals surface area contributed by atoms with Crippen LogP contribution in [0.4, 0.5) is 4.39 Å². The van der Waals surface area contributed by atoms with Gasteiger partial charge in [0.25, 0.3) is 11.5 Å². The van der Waals surface area contributed by atoms with E-state index < -0.39 is 11.9 Å². The number of H-pyrrole nitrogens is 1. The van der Waals surface area contributed by atoms with E-state index in [-0.39, 0.29) is 16.7 Å². The van der Waals surface area contributed by atoms with Crippen LogP contribution in [0.3, 0.4) is 0 Å². The highest BCUT2D eigenvalue weighted by atomic mass is 19.1. The van der Waals surface area contributed by atoms with Gasteiger partial charge in [-0.3, -0.25) is 14.0 Å². The number of hydrogen-bond donors (Lipinski definition) is 1. The van der Waals surface area contributed by atoms with E-state index in [0.29, 0.717) is 31.0 Å². The first-order valence-electron chi connectivity index (χ1n) is 9.92. The number of likely N-dealkylation sites (tertiary alicyclic amines) is 1. The Balaban J connectivity index is 1.51. The maximum Gasteiger partial charge on any atom is 0.277 e. The van der Waals surface area contributed by atoms with Crippen molar-refractivity contribution in [2.45, 2.75) is 44.9 Å². The number of halogens is 1. The molecule has 5 rings (SSSR count). The molecule has 1 atom stereocenters. The molecule has 0 bridgehead atoms. The van der Waals surface area contributed by atoms with Gasteiger partial charge >= 0.3 is 0 Å². The first kappa shape index (κ1) is 18.0. The zero-order valence-corrected chi connectivity index (χ0v) is 16.5. The van der Waals surface area contributed by atoms with Gasteiger partial charge < -0.3 is 9.88 Å². The molecule has 2 aliphatic rings. The van der Waals surface area contributed by atoms with Crippen molar-refractivity contribution in [3.05, 3.63) is 63.0 Å². The quantitative estimate of drug-likeness (QED) is 0.685. The molecular formula is C21H22FN5O2. The molecule has 1 saturated heterocycles. The Morgan fingerprint density at radius 1 is 1.24 bits per heavy atom. The molecule has 0 radical (unpaired) electrons. The number of fused-ring (bicyclic) bond motifs is 3. The molecule has 7 nitrogen and oxygen atoms in total. The molecule has 3 aromatic heterocycles. The Kier molecular flexibility index (Phi) is 3.88. The summed E-state index contributed by atoms with van der Waals surface area (Å²) in [5.74, 6) is -0.455. The largest absolute Gasteiger partial charge is 0.336 e. The smallest absolute Gasteiger partial charge is 0.277 e. The summed E-state index contributed by atoms with van der Waals surface area (Å²) in [6, 6.07) is 3.55. The molecule has 1 aliphatic heterocycles. The van der Waals surface area contributed by atoms with Crippen LogP contribution in [0.25, 0.3) is 5.65 Å². The number of carbonyl (C=O) groups is 1. The molecular weight excluding hydrogens is 373 g/mol. The maximum atomic E-state index is 14.9. The first-order valence-corrected chi connectivity index (χ1v) is 9.92. The maximum absolute atomic E-state index is 14.9. The van der Waals surface area contributed by atoms with Crippen molar-refractivity contribution < 1.29 is 9.18 Å².